The Bertz CT molecular complexity index is 457. The second-order valence-electron chi connectivity index (χ2n) is 4.10. The van der Waals surface area contributed by atoms with Crippen LogP contribution in [0.15, 0.2) is 29.2 Å². The Morgan fingerprint density at radius 2 is 1.83 bits per heavy atom. The molecule has 0 aliphatic carbocycles. The molecule has 0 bridgehead atoms. The fourth-order valence-electron chi connectivity index (χ4n) is 1.70. The van der Waals surface area contributed by atoms with Crippen molar-refractivity contribution in [1.82, 2.24) is 4.90 Å². The molecule has 0 unspecified atom stereocenters. The summed E-state index contributed by atoms with van der Waals surface area (Å²) in [6.07, 6.45) is 0.818. The molecule has 18 heavy (non-hydrogen) atoms. The van der Waals surface area contributed by atoms with Gasteiger partial charge < -0.3 is 10.0 Å². The van der Waals surface area contributed by atoms with Crippen LogP contribution >= 0.6 is 0 Å². The molecule has 0 saturated heterocycles. The number of sulfonamides is 1. The molecule has 0 aromatic heterocycles. The van der Waals surface area contributed by atoms with E-state index in [0.29, 0.717) is 6.54 Å². The maximum atomic E-state index is 11.1. The summed E-state index contributed by atoms with van der Waals surface area (Å²) in [6.45, 7) is 4.57. The highest BCUT2D eigenvalue weighted by atomic mass is 32.2. The van der Waals surface area contributed by atoms with Crippen LogP contribution in [0.3, 0.4) is 0 Å². The molecule has 0 saturated carbocycles. The van der Waals surface area contributed by atoms with Gasteiger partial charge in [-0.05, 0) is 30.7 Å². The molecule has 0 radical (unpaired) electrons. The maximum absolute atomic E-state index is 11.1. The number of aliphatic hydroxyl groups is 1. The first-order chi connectivity index (χ1) is 8.47. The Balaban J connectivity index is 2.59. The molecule has 5 nitrogen and oxygen atoms in total. The minimum absolute atomic E-state index is 0.133. The summed E-state index contributed by atoms with van der Waals surface area (Å²) in [7, 11) is -3.61. The summed E-state index contributed by atoms with van der Waals surface area (Å²) in [6, 6.07) is 6.58. The van der Waals surface area contributed by atoms with Crippen LogP contribution in [-0.2, 0) is 16.4 Å². The van der Waals surface area contributed by atoms with E-state index in [2.05, 4.69) is 4.90 Å². The number of benzene rings is 1. The average Bonchev–Trinajstić information content (AvgIpc) is 2.34. The van der Waals surface area contributed by atoms with Crippen LogP contribution in [0.25, 0.3) is 0 Å². The predicted octanol–water partition coefficient (Wildman–Crippen LogP) is 0.191. The summed E-state index contributed by atoms with van der Waals surface area (Å²) in [5.74, 6) is 0. The lowest BCUT2D eigenvalue weighted by Crippen LogP contribution is -2.28. The summed E-state index contributed by atoms with van der Waals surface area (Å²) in [5, 5.41) is 13.9. The Hall–Kier alpha value is -0.950. The van der Waals surface area contributed by atoms with Gasteiger partial charge in [-0.3, -0.25) is 0 Å². The Morgan fingerprint density at radius 3 is 2.28 bits per heavy atom. The van der Waals surface area contributed by atoms with Crippen LogP contribution in [0.4, 0.5) is 0 Å². The number of primary sulfonamides is 1. The summed E-state index contributed by atoms with van der Waals surface area (Å²) in [5.41, 5.74) is 1.05. The largest absolute Gasteiger partial charge is 0.395 e. The standard InChI is InChI=1S/C12H20N2O3S/c1-2-14(9-10-15)8-7-11-3-5-12(6-4-11)18(13,16)17/h3-6,15H,2,7-10H2,1H3,(H2,13,16,17). The van der Waals surface area contributed by atoms with E-state index in [0.717, 1.165) is 25.1 Å². The Kier molecular flexibility index (Phi) is 5.74. The zero-order valence-corrected chi connectivity index (χ0v) is 11.4. The van der Waals surface area contributed by atoms with E-state index in [1.165, 1.54) is 12.1 Å². The molecule has 102 valence electrons. The van der Waals surface area contributed by atoms with E-state index >= 15 is 0 Å². The number of aliphatic hydroxyl groups excluding tert-OH is 1. The van der Waals surface area contributed by atoms with Crippen molar-refractivity contribution < 1.29 is 13.5 Å². The van der Waals surface area contributed by atoms with Crippen molar-refractivity contribution in [2.24, 2.45) is 5.14 Å². The van der Waals surface area contributed by atoms with Gasteiger partial charge >= 0.3 is 0 Å². The van der Waals surface area contributed by atoms with Crippen LogP contribution in [0.1, 0.15) is 12.5 Å². The van der Waals surface area contributed by atoms with Gasteiger partial charge in [0.25, 0.3) is 0 Å². The molecular formula is C12H20N2O3S. The van der Waals surface area contributed by atoms with Gasteiger partial charge in [-0.1, -0.05) is 19.1 Å². The van der Waals surface area contributed by atoms with Crippen molar-refractivity contribution >= 4 is 10.0 Å². The number of nitrogens with zero attached hydrogens (tertiary/aromatic N) is 1. The van der Waals surface area contributed by atoms with Crippen molar-refractivity contribution in [3.8, 4) is 0 Å². The van der Waals surface area contributed by atoms with E-state index in [-0.39, 0.29) is 11.5 Å². The fraction of sp³-hybridized carbons (Fsp3) is 0.500. The molecule has 0 amide bonds. The highest BCUT2D eigenvalue weighted by Gasteiger charge is 2.07. The molecule has 0 fully saturated rings. The number of hydrogen-bond donors (Lipinski definition) is 2. The molecule has 1 aromatic carbocycles. The molecule has 0 aliphatic heterocycles. The van der Waals surface area contributed by atoms with Gasteiger partial charge in [-0.2, -0.15) is 0 Å². The zero-order chi connectivity index (χ0) is 13.6. The number of hydrogen-bond acceptors (Lipinski definition) is 4. The molecule has 0 aliphatic rings. The maximum Gasteiger partial charge on any atom is 0.238 e. The van der Waals surface area contributed by atoms with Crippen LogP contribution in [0.5, 0.6) is 0 Å². The van der Waals surface area contributed by atoms with E-state index in [4.69, 9.17) is 10.2 Å². The molecule has 6 heteroatoms. The topological polar surface area (TPSA) is 83.6 Å². The fourth-order valence-corrected chi connectivity index (χ4v) is 2.22. The van der Waals surface area contributed by atoms with Gasteiger partial charge in [0.1, 0.15) is 0 Å². The molecule has 0 heterocycles. The van der Waals surface area contributed by atoms with Gasteiger partial charge in [-0.15, -0.1) is 0 Å². The Morgan fingerprint density at radius 1 is 1.22 bits per heavy atom. The smallest absolute Gasteiger partial charge is 0.238 e. The third kappa shape index (κ3) is 4.73. The molecule has 1 aromatic rings. The van der Waals surface area contributed by atoms with Crippen molar-refractivity contribution in [3.05, 3.63) is 29.8 Å². The lowest BCUT2D eigenvalue weighted by atomic mass is 10.1. The van der Waals surface area contributed by atoms with Gasteiger partial charge in [0.05, 0.1) is 11.5 Å². The quantitative estimate of drug-likeness (QED) is 0.742. The number of nitrogens with two attached hydrogens (primary N) is 1. The van der Waals surface area contributed by atoms with Crippen molar-refractivity contribution in [3.63, 3.8) is 0 Å². The van der Waals surface area contributed by atoms with Crippen LogP contribution in [-0.4, -0.2) is 44.7 Å². The van der Waals surface area contributed by atoms with E-state index in [1.54, 1.807) is 12.1 Å². The zero-order valence-electron chi connectivity index (χ0n) is 10.5. The second kappa shape index (κ2) is 6.84. The summed E-state index contributed by atoms with van der Waals surface area (Å²) >= 11 is 0. The summed E-state index contributed by atoms with van der Waals surface area (Å²) in [4.78, 5) is 2.27. The van der Waals surface area contributed by atoms with Crippen LogP contribution in [0, 0.1) is 0 Å². The second-order valence-corrected chi connectivity index (χ2v) is 5.66. The third-order valence-electron chi connectivity index (χ3n) is 2.83. The van der Waals surface area contributed by atoms with Gasteiger partial charge in [-0.25, -0.2) is 13.6 Å². The predicted molar refractivity (Wildman–Crippen MR) is 70.7 cm³/mol. The highest BCUT2D eigenvalue weighted by molar-refractivity contribution is 7.89. The van der Waals surface area contributed by atoms with Crippen LogP contribution in [0.2, 0.25) is 0 Å². The minimum Gasteiger partial charge on any atom is -0.395 e. The first-order valence-corrected chi connectivity index (χ1v) is 7.47. The summed E-state index contributed by atoms with van der Waals surface area (Å²) < 4.78 is 22.2. The van der Waals surface area contributed by atoms with E-state index < -0.39 is 10.0 Å². The van der Waals surface area contributed by atoms with E-state index in [9.17, 15) is 8.42 Å². The molecule has 1 rings (SSSR count). The molecule has 0 atom stereocenters. The SMILES string of the molecule is CCN(CCO)CCc1ccc(S(N)(=O)=O)cc1. The first-order valence-electron chi connectivity index (χ1n) is 5.92. The lowest BCUT2D eigenvalue weighted by Gasteiger charge is -2.18. The van der Waals surface area contributed by atoms with E-state index in [1.807, 2.05) is 6.92 Å². The van der Waals surface area contributed by atoms with Crippen molar-refractivity contribution in [1.29, 1.82) is 0 Å². The van der Waals surface area contributed by atoms with Crippen molar-refractivity contribution in [2.75, 3.05) is 26.2 Å². The van der Waals surface area contributed by atoms with Gasteiger partial charge in [0.2, 0.25) is 10.0 Å². The van der Waals surface area contributed by atoms with Crippen LogP contribution < -0.4 is 5.14 Å². The highest BCUT2D eigenvalue weighted by Crippen LogP contribution is 2.09. The average molecular weight is 272 g/mol. The van der Waals surface area contributed by atoms with Gasteiger partial charge in [0.15, 0.2) is 0 Å². The Labute approximate surface area is 108 Å². The minimum atomic E-state index is -3.61. The van der Waals surface area contributed by atoms with Gasteiger partial charge in [0, 0.05) is 13.1 Å². The lowest BCUT2D eigenvalue weighted by molar-refractivity contribution is 0.203. The molecular weight excluding hydrogens is 252 g/mol. The first kappa shape index (κ1) is 15.1. The molecule has 0 spiro atoms. The monoisotopic (exact) mass is 272 g/mol. The third-order valence-corrected chi connectivity index (χ3v) is 3.76. The number of rotatable bonds is 7. The normalized spacial score (nSPS) is 12.0. The number of likely N-dealkylation sites (N-methyl/N-ethyl adjacent to an activating group) is 1. The van der Waals surface area contributed by atoms with Crippen molar-refractivity contribution in [2.45, 2.75) is 18.2 Å². The molecule has 3 N–H and O–H groups in total.